The van der Waals surface area contributed by atoms with E-state index in [1.165, 1.54) is 0 Å². The Morgan fingerprint density at radius 2 is 2.00 bits per heavy atom. The summed E-state index contributed by atoms with van der Waals surface area (Å²) >= 11 is 0. The van der Waals surface area contributed by atoms with Crippen molar-refractivity contribution in [2.45, 2.75) is 53.7 Å². The number of ketones is 1. The number of nitrogens with zero attached hydrogens (tertiary/aromatic N) is 3. The number of Topliss-reactive ketones (excluding diaryl/α,β-unsaturated/α-hetero) is 1. The van der Waals surface area contributed by atoms with Gasteiger partial charge in [-0.3, -0.25) is 9.48 Å². The fourth-order valence-corrected chi connectivity index (χ4v) is 3.17. The number of carbonyl (C=O) groups excluding carboxylic acids is 1. The van der Waals surface area contributed by atoms with Gasteiger partial charge < -0.3 is 9.63 Å². The number of aromatic nitrogens is 3. The first-order valence-corrected chi connectivity index (χ1v) is 8.79. The second-order valence-corrected chi connectivity index (χ2v) is 7.77. The molecule has 0 saturated carbocycles. The Bertz CT molecular complexity index is 955. The molecule has 0 fully saturated rings. The molecule has 3 aromatic rings. The van der Waals surface area contributed by atoms with Crippen LogP contribution in [-0.4, -0.2) is 31.4 Å². The van der Waals surface area contributed by atoms with Gasteiger partial charge in [0.2, 0.25) is 0 Å². The lowest BCUT2D eigenvalue weighted by atomic mass is 9.99. The second-order valence-electron chi connectivity index (χ2n) is 7.77. The van der Waals surface area contributed by atoms with Crippen LogP contribution in [0.2, 0.25) is 0 Å². The van der Waals surface area contributed by atoms with Crippen molar-refractivity contribution in [3.63, 3.8) is 0 Å². The molecule has 1 N–H and O–H groups in total. The second kappa shape index (κ2) is 6.36. The molecule has 6 heteroatoms. The highest BCUT2D eigenvalue weighted by molar-refractivity contribution is 6.07. The van der Waals surface area contributed by atoms with Crippen molar-refractivity contribution >= 4 is 16.7 Å². The summed E-state index contributed by atoms with van der Waals surface area (Å²) in [4.78, 5) is 12.6. The fourth-order valence-electron chi connectivity index (χ4n) is 3.17. The number of benzene rings is 1. The van der Waals surface area contributed by atoms with Gasteiger partial charge in [-0.2, -0.15) is 5.10 Å². The van der Waals surface area contributed by atoms with Gasteiger partial charge in [-0.05, 0) is 45.4 Å². The van der Waals surface area contributed by atoms with Gasteiger partial charge in [-0.15, -0.1) is 0 Å². The van der Waals surface area contributed by atoms with E-state index in [1.54, 1.807) is 18.5 Å². The van der Waals surface area contributed by atoms with Crippen LogP contribution in [0.4, 0.5) is 0 Å². The smallest absolute Gasteiger partial charge is 0.186 e. The van der Waals surface area contributed by atoms with Crippen LogP contribution in [0.25, 0.3) is 22.0 Å². The molecule has 0 radical (unpaired) electrons. The van der Waals surface area contributed by atoms with Crippen molar-refractivity contribution in [3.05, 3.63) is 35.3 Å². The number of rotatable bonds is 5. The van der Waals surface area contributed by atoms with Crippen molar-refractivity contribution < 1.29 is 14.4 Å². The normalized spacial score (nSPS) is 12.3. The van der Waals surface area contributed by atoms with Gasteiger partial charge in [0.15, 0.2) is 5.78 Å². The molecule has 2 heterocycles. The lowest BCUT2D eigenvalue weighted by Gasteiger charge is -2.17. The summed E-state index contributed by atoms with van der Waals surface area (Å²) in [5.41, 5.74) is 3.02. The van der Waals surface area contributed by atoms with Gasteiger partial charge in [-0.25, -0.2) is 0 Å². The van der Waals surface area contributed by atoms with Gasteiger partial charge in [0.25, 0.3) is 0 Å². The standard InChI is InChI=1S/C20H25N3O3/c1-11(2)19(24)18-15-8-7-14(17-12(3)22-26-13(17)4)9-16(15)23(21-18)10-20(5,6)25/h7-9,11,25H,10H2,1-6H3. The molecule has 0 aliphatic carbocycles. The monoisotopic (exact) mass is 355 g/mol. The first-order chi connectivity index (χ1) is 12.1. The average Bonchev–Trinajstić information content (AvgIpc) is 3.05. The largest absolute Gasteiger partial charge is 0.389 e. The van der Waals surface area contributed by atoms with E-state index in [1.807, 2.05) is 45.9 Å². The Morgan fingerprint density at radius 3 is 2.54 bits per heavy atom. The molecule has 3 rings (SSSR count). The van der Waals surface area contributed by atoms with E-state index in [9.17, 15) is 9.90 Å². The molecular weight excluding hydrogens is 330 g/mol. The number of hydrogen-bond acceptors (Lipinski definition) is 5. The van der Waals surface area contributed by atoms with Crippen LogP contribution in [-0.2, 0) is 6.54 Å². The Morgan fingerprint density at radius 1 is 1.31 bits per heavy atom. The van der Waals surface area contributed by atoms with Gasteiger partial charge in [-0.1, -0.05) is 25.1 Å². The first-order valence-electron chi connectivity index (χ1n) is 8.79. The summed E-state index contributed by atoms with van der Waals surface area (Å²) in [6.45, 7) is 11.2. The van der Waals surface area contributed by atoms with Gasteiger partial charge in [0.05, 0.1) is 23.4 Å². The molecule has 138 valence electrons. The third-order valence-corrected chi connectivity index (χ3v) is 4.37. The molecule has 26 heavy (non-hydrogen) atoms. The van der Waals surface area contributed by atoms with Crippen LogP contribution in [0, 0.1) is 19.8 Å². The summed E-state index contributed by atoms with van der Waals surface area (Å²) in [5, 5.41) is 19.6. The maximum absolute atomic E-state index is 12.6. The molecule has 0 atom stereocenters. The topological polar surface area (TPSA) is 81.2 Å². The van der Waals surface area contributed by atoms with Crippen molar-refractivity contribution in [1.29, 1.82) is 0 Å². The first kappa shape index (κ1) is 18.3. The maximum atomic E-state index is 12.6. The van der Waals surface area contributed by atoms with Crippen LogP contribution in [0.15, 0.2) is 22.7 Å². The van der Waals surface area contributed by atoms with Gasteiger partial charge in [0, 0.05) is 16.9 Å². The van der Waals surface area contributed by atoms with Crippen molar-refractivity contribution in [3.8, 4) is 11.1 Å². The van der Waals surface area contributed by atoms with E-state index >= 15 is 0 Å². The quantitative estimate of drug-likeness (QED) is 0.702. The summed E-state index contributed by atoms with van der Waals surface area (Å²) < 4.78 is 7.00. The molecule has 0 amide bonds. The lowest BCUT2D eigenvalue weighted by Crippen LogP contribution is -2.27. The van der Waals surface area contributed by atoms with E-state index in [-0.39, 0.29) is 11.7 Å². The summed E-state index contributed by atoms with van der Waals surface area (Å²) in [6, 6.07) is 5.86. The molecule has 6 nitrogen and oxygen atoms in total. The van der Waals surface area contributed by atoms with E-state index < -0.39 is 5.60 Å². The predicted octanol–water partition coefficient (Wildman–Crippen LogP) is 3.92. The number of hydrogen-bond donors (Lipinski definition) is 1. The van der Waals surface area contributed by atoms with Gasteiger partial charge >= 0.3 is 0 Å². The highest BCUT2D eigenvalue weighted by atomic mass is 16.5. The van der Waals surface area contributed by atoms with E-state index in [4.69, 9.17) is 4.52 Å². The Labute approximate surface area is 152 Å². The minimum atomic E-state index is -0.948. The van der Waals surface area contributed by atoms with E-state index in [2.05, 4.69) is 10.3 Å². The minimum absolute atomic E-state index is 0.00501. The third-order valence-electron chi connectivity index (χ3n) is 4.37. The predicted molar refractivity (Wildman–Crippen MR) is 100 cm³/mol. The molecular formula is C20H25N3O3. The molecule has 2 aromatic heterocycles. The SMILES string of the molecule is Cc1noc(C)c1-c1ccc2c(C(=O)C(C)C)nn(CC(C)(C)O)c2c1. The average molecular weight is 355 g/mol. The fraction of sp³-hybridized carbons (Fsp3) is 0.450. The Hall–Kier alpha value is -2.47. The molecule has 1 aromatic carbocycles. The molecule has 0 bridgehead atoms. The molecule has 0 saturated heterocycles. The Kier molecular flexibility index (Phi) is 4.48. The van der Waals surface area contributed by atoms with Gasteiger partial charge in [0.1, 0.15) is 11.5 Å². The van der Waals surface area contributed by atoms with Crippen LogP contribution >= 0.6 is 0 Å². The van der Waals surface area contributed by atoms with Crippen molar-refractivity contribution in [2.24, 2.45) is 5.92 Å². The molecule has 0 aliphatic heterocycles. The van der Waals surface area contributed by atoms with E-state index in [0.717, 1.165) is 33.5 Å². The van der Waals surface area contributed by atoms with Crippen LogP contribution in [0.5, 0.6) is 0 Å². The lowest BCUT2D eigenvalue weighted by molar-refractivity contribution is 0.0587. The molecule has 0 aliphatic rings. The maximum Gasteiger partial charge on any atom is 0.186 e. The van der Waals surface area contributed by atoms with Crippen LogP contribution in [0.1, 0.15) is 49.6 Å². The van der Waals surface area contributed by atoms with Crippen molar-refractivity contribution in [2.75, 3.05) is 0 Å². The zero-order chi connectivity index (χ0) is 19.2. The third kappa shape index (κ3) is 3.29. The zero-order valence-electron chi connectivity index (χ0n) is 16.1. The molecule has 0 unspecified atom stereocenters. The number of carbonyl (C=O) groups is 1. The Balaban J connectivity index is 2.23. The zero-order valence-corrected chi connectivity index (χ0v) is 16.1. The van der Waals surface area contributed by atoms with Crippen molar-refractivity contribution in [1.82, 2.24) is 14.9 Å². The summed E-state index contributed by atoms with van der Waals surface area (Å²) in [5.74, 6) is 0.592. The minimum Gasteiger partial charge on any atom is -0.389 e. The highest BCUT2D eigenvalue weighted by Gasteiger charge is 2.24. The van der Waals surface area contributed by atoms with Crippen LogP contribution < -0.4 is 0 Å². The summed E-state index contributed by atoms with van der Waals surface area (Å²) in [7, 11) is 0. The summed E-state index contributed by atoms with van der Waals surface area (Å²) in [6.07, 6.45) is 0. The number of fused-ring (bicyclic) bond motifs is 1. The highest BCUT2D eigenvalue weighted by Crippen LogP contribution is 2.31. The van der Waals surface area contributed by atoms with Crippen LogP contribution in [0.3, 0.4) is 0 Å². The number of aryl methyl sites for hydroxylation is 2. The molecule has 0 spiro atoms. The van der Waals surface area contributed by atoms with E-state index in [0.29, 0.717) is 12.2 Å². The number of aliphatic hydroxyl groups is 1.